The van der Waals surface area contributed by atoms with Gasteiger partial charge >= 0.3 is 0 Å². The van der Waals surface area contributed by atoms with Crippen LogP contribution in [0.5, 0.6) is 0 Å². The molecule has 0 bridgehead atoms. The van der Waals surface area contributed by atoms with E-state index in [9.17, 15) is 13.2 Å². The number of benzene rings is 2. The molecule has 0 unspecified atom stereocenters. The molecular weight excluding hydrogens is 412 g/mol. The second kappa shape index (κ2) is 9.71. The zero-order chi connectivity index (χ0) is 20.7. The average Bonchev–Trinajstić information content (AvgIpc) is 3.19. The normalized spacial score (nSPS) is 11.3. The minimum atomic E-state index is -3.33. The van der Waals surface area contributed by atoms with Crippen molar-refractivity contribution < 1.29 is 17.6 Å². The lowest BCUT2D eigenvalue weighted by atomic mass is 10.2. The Labute approximate surface area is 174 Å². The lowest BCUT2D eigenvalue weighted by Crippen LogP contribution is -2.26. The van der Waals surface area contributed by atoms with Crippen molar-refractivity contribution in [2.24, 2.45) is 0 Å². The summed E-state index contributed by atoms with van der Waals surface area (Å²) in [6, 6.07) is 15.6. The van der Waals surface area contributed by atoms with Crippen LogP contribution in [-0.2, 0) is 21.1 Å². The quantitative estimate of drug-likeness (QED) is 0.518. The lowest BCUT2D eigenvalue weighted by Gasteiger charge is -2.06. The number of aryl methyl sites for hydroxylation is 1. The molecule has 0 radical (unpaired) electrons. The van der Waals surface area contributed by atoms with Crippen LogP contribution in [0.2, 0.25) is 5.02 Å². The van der Waals surface area contributed by atoms with E-state index < -0.39 is 9.84 Å². The molecule has 0 saturated heterocycles. The third-order valence-corrected chi connectivity index (χ3v) is 6.42. The Morgan fingerprint density at radius 2 is 1.79 bits per heavy atom. The largest absolute Gasteiger partial charge is 0.441 e. The number of rotatable bonds is 9. The molecule has 29 heavy (non-hydrogen) atoms. The number of hydrogen-bond acceptors (Lipinski definition) is 5. The summed E-state index contributed by atoms with van der Waals surface area (Å²) in [5, 5.41) is 3.30. The highest BCUT2D eigenvalue weighted by Crippen LogP contribution is 2.28. The zero-order valence-electron chi connectivity index (χ0n) is 15.7. The molecule has 152 valence electrons. The molecule has 0 saturated carbocycles. The lowest BCUT2D eigenvalue weighted by molar-refractivity contribution is -0.121. The number of oxazole rings is 1. The van der Waals surface area contributed by atoms with Crippen LogP contribution >= 0.6 is 11.6 Å². The van der Waals surface area contributed by atoms with Gasteiger partial charge in [-0.3, -0.25) is 4.79 Å². The van der Waals surface area contributed by atoms with Gasteiger partial charge in [0.25, 0.3) is 0 Å². The maximum atomic E-state index is 12.2. The van der Waals surface area contributed by atoms with Crippen molar-refractivity contribution in [2.45, 2.75) is 24.2 Å². The summed E-state index contributed by atoms with van der Waals surface area (Å²) in [5.74, 6) is 0.802. The van der Waals surface area contributed by atoms with Gasteiger partial charge in [-0.2, -0.15) is 0 Å². The van der Waals surface area contributed by atoms with Crippen LogP contribution in [0, 0.1) is 0 Å². The van der Waals surface area contributed by atoms with Crippen molar-refractivity contribution in [3.05, 3.63) is 71.7 Å². The zero-order valence-corrected chi connectivity index (χ0v) is 17.2. The molecular formula is C21H21ClN2O4S. The number of halogens is 1. The maximum Gasteiger partial charge on any atom is 0.220 e. The highest BCUT2D eigenvalue weighted by molar-refractivity contribution is 7.91. The number of sulfone groups is 1. The molecule has 2 aromatic carbocycles. The van der Waals surface area contributed by atoms with E-state index in [2.05, 4.69) is 10.3 Å². The molecule has 6 nitrogen and oxygen atoms in total. The minimum Gasteiger partial charge on any atom is -0.441 e. The van der Waals surface area contributed by atoms with Crippen LogP contribution in [0.3, 0.4) is 0 Å². The molecule has 0 aliphatic heterocycles. The first-order valence-corrected chi connectivity index (χ1v) is 11.2. The fraction of sp³-hybridized carbons (Fsp3) is 0.238. The van der Waals surface area contributed by atoms with E-state index in [4.69, 9.17) is 16.0 Å². The van der Waals surface area contributed by atoms with Crippen LogP contribution < -0.4 is 5.32 Å². The number of amides is 1. The van der Waals surface area contributed by atoms with E-state index >= 15 is 0 Å². The monoisotopic (exact) mass is 432 g/mol. The summed E-state index contributed by atoms with van der Waals surface area (Å²) in [7, 11) is -3.33. The summed E-state index contributed by atoms with van der Waals surface area (Å²) in [6.45, 7) is 0.293. The predicted molar refractivity (Wildman–Crippen MR) is 111 cm³/mol. The fourth-order valence-corrected chi connectivity index (χ4v) is 4.32. The van der Waals surface area contributed by atoms with Crippen LogP contribution in [0.25, 0.3) is 11.3 Å². The van der Waals surface area contributed by atoms with Crippen molar-refractivity contribution in [1.82, 2.24) is 10.3 Å². The molecule has 3 aromatic rings. The molecule has 0 atom stereocenters. The van der Waals surface area contributed by atoms with Crippen molar-refractivity contribution in [2.75, 3.05) is 12.3 Å². The number of nitrogens with one attached hydrogen (secondary N) is 1. The van der Waals surface area contributed by atoms with E-state index in [1.807, 2.05) is 18.2 Å². The molecule has 1 amide bonds. The molecule has 1 N–H and O–H groups in total. The second-order valence-electron chi connectivity index (χ2n) is 6.43. The second-order valence-corrected chi connectivity index (χ2v) is 8.95. The van der Waals surface area contributed by atoms with E-state index in [1.54, 1.807) is 42.6 Å². The van der Waals surface area contributed by atoms with Gasteiger partial charge in [0.05, 0.1) is 21.9 Å². The number of hydrogen-bond donors (Lipinski definition) is 1. The molecule has 1 aromatic heterocycles. The first kappa shape index (κ1) is 21.1. The first-order chi connectivity index (χ1) is 14.0. The maximum absolute atomic E-state index is 12.2. The number of aromatic nitrogens is 1. The highest BCUT2D eigenvalue weighted by Gasteiger charge is 2.14. The van der Waals surface area contributed by atoms with Gasteiger partial charge in [0.2, 0.25) is 5.91 Å². The Kier molecular flexibility index (Phi) is 7.06. The Bertz CT molecular complexity index is 1070. The number of carbonyl (C=O) groups excluding carboxylic acids is 1. The van der Waals surface area contributed by atoms with Crippen molar-refractivity contribution in [3.8, 4) is 11.3 Å². The number of carbonyl (C=O) groups is 1. The molecule has 3 rings (SSSR count). The molecule has 0 aliphatic rings. The van der Waals surface area contributed by atoms with Gasteiger partial charge in [-0.05, 0) is 30.7 Å². The van der Waals surface area contributed by atoms with E-state index in [-0.39, 0.29) is 18.1 Å². The van der Waals surface area contributed by atoms with Gasteiger partial charge in [-0.15, -0.1) is 0 Å². The summed E-state index contributed by atoms with van der Waals surface area (Å²) >= 11 is 6.14. The molecule has 0 fully saturated rings. The van der Waals surface area contributed by atoms with E-state index in [0.717, 1.165) is 5.56 Å². The van der Waals surface area contributed by atoms with Crippen LogP contribution in [-0.4, -0.2) is 31.6 Å². The standard InChI is InChI=1S/C21H21ClN2O4S/c22-18-10-5-4-9-17(18)19-15-24-21(28-19)12-11-20(25)23-13-6-14-29(26,27)16-7-2-1-3-8-16/h1-5,7-10,15H,6,11-14H2,(H,23,25). The van der Waals surface area contributed by atoms with Gasteiger partial charge in [0.15, 0.2) is 21.5 Å². The summed E-state index contributed by atoms with van der Waals surface area (Å²) < 4.78 is 30.0. The Morgan fingerprint density at radius 3 is 2.55 bits per heavy atom. The topological polar surface area (TPSA) is 89.3 Å². The smallest absolute Gasteiger partial charge is 0.220 e. The van der Waals surface area contributed by atoms with Gasteiger partial charge < -0.3 is 9.73 Å². The van der Waals surface area contributed by atoms with Crippen molar-refractivity contribution in [3.63, 3.8) is 0 Å². The molecule has 0 aliphatic carbocycles. The van der Waals surface area contributed by atoms with Crippen LogP contribution in [0.15, 0.2) is 70.1 Å². The van der Waals surface area contributed by atoms with Crippen molar-refractivity contribution in [1.29, 1.82) is 0 Å². The predicted octanol–water partition coefficient (Wildman–Crippen LogP) is 3.91. The van der Waals surface area contributed by atoms with Gasteiger partial charge in [0.1, 0.15) is 0 Å². The highest BCUT2D eigenvalue weighted by atomic mass is 35.5. The SMILES string of the molecule is O=C(CCc1ncc(-c2ccccc2Cl)o1)NCCCS(=O)(=O)c1ccccc1. The molecule has 1 heterocycles. The number of nitrogens with zero attached hydrogens (tertiary/aromatic N) is 1. The van der Waals surface area contributed by atoms with Gasteiger partial charge in [-0.1, -0.05) is 41.9 Å². The van der Waals surface area contributed by atoms with Gasteiger partial charge in [-0.25, -0.2) is 13.4 Å². The summed E-state index contributed by atoms with van der Waals surface area (Å²) in [5.41, 5.74) is 0.747. The minimum absolute atomic E-state index is 0.0156. The Morgan fingerprint density at radius 1 is 1.07 bits per heavy atom. The third kappa shape index (κ3) is 5.92. The Hall–Kier alpha value is -2.64. The molecule has 8 heteroatoms. The van der Waals surface area contributed by atoms with E-state index in [1.165, 1.54) is 0 Å². The summed E-state index contributed by atoms with van der Waals surface area (Å²) in [4.78, 5) is 16.5. The van der Waals surface area contributed by atoms with Gasteiger partial charge in [0, 0.05) is 24.9 Å². The average molecular weight is 433 g/mol. The first-order valence-electron chi connectivity index (χ1n) is 9.20. The third-order valence-electron chi connectivity index (χ3n) is 4.27. The van der Waals surface area contributed by atoms with E-state index in [0.29, 0.717) is 41.0 Å². The summed E-state index contributed by atoms with van der Waals surface area (Å²) in [6.07, 6.45) is 2.48. The Balaban J connectivity index is 1.41. The van der Waals surface area contributed by atoms with Crippen molar-refractivity contribution >= 4 is 27.3 Å². The van der Waals surface area contributed by atoms with Crippen LogP contribution in [0.1, 0.15) is 18.7 Å². The molecule has 0 spiro atoms. The van der Waals surface area contributed by atoms with Crippen LogP contribution in [0.4, 0.5) is 0 Å². The fourth-order valence-electron chi connectivity index (χ4n) is 2.76.